The van der Waals surface area contributed by atoms with E-state index < -0.39 is 0 Å². The highest BCUT2D eigenvalue weighted by Crippen LogP contribution is 2.28. The molecule has 30 heavy (non-hydrogen) atoms. The maximum absolute atomic E-state index is 12.5. The van der Waals surface area contributed by atoms with E-state index in [9.17, 15) is 9.59 Å². The number of amides is 2. The molecule has 7 heteroatoms. The molecule has 2 aliphatic heterocycles. The number of benzene rings is 1. The number of anilines is 2. The molecule has 2 aromatic rings. The van der Waals surface area contributed by atoms with Crippen LogP contribution < -0.4 is 20.3 Å². The van der Waals surface area contributed by atoms with Gasteiger partial charge in [0.1, 0.15) is 11.6 Å². The second-order valence-electron chi connectivity index (χ2n) is 7.86. The van der Waals surface area contributed by atoms with Crippen molar-refractivity contribution in [3.05, 3.63) is 47.7 Å². The van der Waals surface area contributed by atoms with Crippen molar-refractivity contribution in [1.29, 1.82) is 0 Å². The summed E-state index contributed by atoms with van der Waals surface area (Å²) in [6, 6.07) is 9.39. The first-order chi connectivity index (χ1) is 14.7. The highest BCUT2D eigenvalue weighted by molar-refractivity contribution is 5.95. The van der Waals surface area contributed by atoms with Gasteiger partial charge in [-0.25, -0.2) is 4.98 Å². The largest absolute Gasteiger partial charge is 0.482 e. The Kier molecular flexibility index (Phi) is 6.47. The normalized spacial score (nSPS) is 16.5. The van der Waals surface area contributed by atoms with E-state index in [1.165, 1.54) is 32.1 Å². The van der Waals surface area contributed by atoms with Gasteiger partial charge in [0, 0.05) is 31.4 Å². The molecule has 4 rings (SSSR count). The zero-order chi connectivity index (χ0) is 20.8. The minimum absolute atomic E-state index is 0.0251. The van der Waals surface area contributed by atoms with E-state index in [1.54, 1.807) is 12.1 Å². The van der Waals surface area contributed by atoms with Crippen LogP contribution in [0.15, 0.2) is 36.5 Å². The van der Waals surface area contributed by atoms with Crippen LogP contribution in [0, 0.1) is 0 Å². The number of hydrogen-bond acceptors (Lipinski definition) is 5. The molecule has 2 amide bonds. The van der Waals surface area contributed by atoms with Crippen LogP contribution in [0.2, 0.25) is 0 Å². The van der Waals surface area contributed by atoms with Gasteiger partial charge in [0.05, 0.1) is 12.1 Å². The maximum atomic E-state index is 12.5. The summed E-state index contributed by atoms with van der Waals surface area (Å²) in [7, 11) is 0. The van der Waals surface area contributed by atoms with Crippen molar-refractivity contribution < 1.29 is 14.3 Å². The van der Waals surface area contributed by atoms with Crippen molar-refractivity contribution in [1.82, 2.24) is 10.3 Å². The standard InChI is InChI=1S/C23H28N4O3/c28-21(14-17-8-9-20-19(13-17)26-22(29)16-30-20)25-15-18-7-6-10-24-23(18)27-11-4-2-1-3-5-12-27/h6-10,13H,1-5,11-12,14-16H2,(H,25,28)(H,26,29). The average molecular weight is 409 g/mol. The van der Waals surface area contributed by atoms with Gasteiger partial charge in [0.15, 0.2) is 6.61 Å². The number of nitrogens with one attached hydrogen (secondary N) is 2. The number of nitrogens with zero attached hydrogens (tertiary/aromatic N) is 2. The second-order valence-corrected chi connectivity index (χ2v) is 7.86. The fourth-order valence-corrected chi connectivity index (χ4v) is 3.99. The van der Waals surface area contributed by atoms with E-state index in [0.29, 0.717) is 18.0 Å². The highest BCUT2D eigenvalue weighted by atomic mass is 16.5. The van der Waals surface area contributed by atoms with Crippen LogP contribution in [0.5, 0.6) is 5.75 Å². The smallest absolute Gasteiger partial charge is 0.262 e. The summed E-state index contributed by atoms with van der Waals surface area (Å²) in [4.78, 5) is 31.0. The van der Waals surface area contributed by atoms with Crippen LogP contribution in [0.1, 0.15) is 43.2 Å². The Balaban J connectivity index is 1.37. The van der Waals surface area contributed by atoms with Crippen LogP contribution in [-0.2, 0) is 22.6 Å². The topological polar surface area (TPSA) is 83.6 Å². The first-order valence-corrected chi connectivity index (χ1v) is 10.7. The Morgan fingerprint density at radius 1 is 1.13 bits per heavy atom. The zero-order valence-corrected chi connectivity index (χ0v) is 17.2. The summed E-state index contributed by atoms with van der Waals surface area (Å²) in [5.74, 6) is 1.36. The molecule has 158 valence electrons. The lowest BCUT2D eigenvalue weighted by molar-refractivity contribution is -0.120. The number of carbonyl (C=O) groups excluding carboxylic acids is 2. The van der Waals surface area contributed by atoms with Crippen molar-refractivity contribution >= 4 is 23.3 Å². The third-order valence-electron chi connectivity index (χ3n) is 5.54. The molecule has 0 spiro atoms. The lowest BCUT2D eigenvalue weighted by atomic mass is 10.1. The van der Waals surface area contributed by atoms with Crippen molar-refractivity contribution in [2.45, 2.75) is 45.1 Å². The lowest BCUT2D eigenvalue weighted by Gasteiger charge is -2.27. The predicted octanol–water partition coefficient (Wildman–Crippen LogP) is 3.04. The molecular weight excluding hydrogens is 380 g/mol. The molecule has 0 saturated carbocycles. The van der Waals surface area contributed by atoms with Crippen molar-refractivity contribution in [3.63, 3.8) is 0 Å². The molecule has 7 nitrogen and oxygen atoms in total. The fourth-order valence-electron chi connectivity index (χ4n) is 3.99. The number of carbonyl (C=O) groups is 2. The number of aromatic nitrogens is 1. The van der Waals surface area contributed by atoms with Gasteiger partial charge in [0.2, 0.25) is 5.91 Å². The Labute approximate surface area is 176 Å². The summed E-state index contributed by atoms with van der Waals surface area (Å²) >= 11 is 0. The zero-order valence-electron chi connectivity index (χ0n) is 17.2. The molecule has 0 aliphatic carbocycles. The second kappa shape index (κ2) is 9.61. The lowest BCUT2D eigenvalue weighted by Crippen LogP contribution is -2.31. The molecule has 2 aliphatic rings. The summed E-state index contributed by atoms with van der Waals surface area (Å²) in [6.07, 6.45) is 8.27. The van der Waals surface area contributed by atoms with Gasteiger partial charge in [-0.2, -0.15) is 0 Å². The van der Waals surface area contributed by atoms with Crippen LogP contribution in [0.4, 0.5) is 11.5 Å². The van der Waals surface area contributed by atoms with Gasteiger partial charge in [-0.15, -0.1) is 0 Å². The average Bonchev–Trinajstić information content (AvgIpc) is 2.72. The Hall–Kier alpha value is -3.09. The fraction of sp³-hybridized carbons (Fsp3) is 0.435. The minimum Gasteiger partial charge on any atom is -0.482 e. The summed E-state index contributed by atoms with van der Waals surface area (Å²) < 4.78 is 5.36. The Bertz CT molecular complexity index is 907. The van der Waals surface area contributed by atoms with Crippen molar-refractivity contribution in [2.24, 2.45) is 0 Å². The van der Waals surface area contributed by atoms with E-state index in [-0.39, 0.29) is 24.8 Å². The van der Waals surface area contributed by atoms with Crippen molar-refractivity contribution in [3.8, 4) is 5.75 Å². The number of hydrogen-bond donors (Lipinski definition) is 2. The SMILES string of the molecule is O=C(Cc1ccc2c(c1)NC(=O)CO2)NCc1cccnc1N1CCCCCCC1. The minimum atomic E-state index is -0.183. The monoisotopic (exact) mass is 408 g/mol. The quantitative estimate of drug-likeness (QED) is 0.795. The highest BCUT2D eigenvalue weighted by Gasteiger charge is 2.17. The van der Waals surface area contributed by atoms with Gasteiger partial charge in [-0.1, -0.05) is 31.4 Å². The third kappa shape index (κ3) is 5.09. The van der Waals surface area contributed by atoms with E-state index in [1.807, 2.05) is 24.4 Å². The van der Waals surface area contributed by atoms with E-state index >= 15 is 0 Å². The van der Waals surface area contributed by atoms with Crippen LogP contribution >= 0.6 is 0 Å². The van der Waals surface area contributed by atoms with E-state index in [0.717, 1.165) is 30.0 Å². The molecule has 1 aromatic heterocycles. The Morgan fingerprint density at radius 2 is 1.93 bits per heavy atom. The summed E-state index contributed by atoms with van der Waals surface area (Å²) in [5, 5.41) is 5.79. The summed E-state index contributed by atoms with van der Waals surface area (Å²) in [5.41, 5.74) is 2.48. The molecule has 1 fully saturated rings. The van der Waals surface area contributed by atoms with Crippen LogP contribution in [0.25, 0.3) is 0 Å². The van der Waals surface area contributed by atoms with Gasteiger partial charge in [-0.05, 0) is 36.6 Å². The molecule has 0 bridgehead atoms. The molecule has 1 aromatic carbocycles. The number of fused-ring (bicyclic) bond motifs is 1. The number of ether oxygens (including phenoxy) is 1. The van der Waals surface area contributed by atoms with E-state index in [4.69, 9.17) is 4.74 Å². The maximum Gasteiger partial charge on any atom is 0.262 e. The first kappa shape index (κ1) is 20.2. The first-order valence-electron chi connectivity index (χ1n) is 10.7. The van der Waals surface area contributed by atoms with Crippen LogP contribution in [-0.4, -0.2) is 36.5 Å². The Morgan fingerprint density at radius 3 is 2.77 bits per heavy atom. The van der Waals surface area contributed by atoms with Crippen LogP contribution in [0.3, 0.4) is 0 Å². The number of rotatable bonds is 5. The number of pyridine rings is 1. The molecule has 3 heterocycles. The van der Waals surface area contributed by atoms with Crippen molar-refractivity contribution in [2.75, 3.05) is 29.9 Å². The molecular formula is C23H28N4O3. The summed E-state index contributed by atoms with van der Waals surface area (Å²) in [6.45, 7) is 2.50. The molecule has 0 unspecified atom stereocenters. The third-order valence-corrected chi connectivity index (χ3v) is 5.54. The molecule has 0 atom stereocenters. The van der Waals surface area contributed by atoms with Gasteiger partial charge in [0.25, 0.3) is 5.91 Å². The predicted molar refractivity (Wildman–Crippen MR) is 116 cm³/mol. The van der Waals surface area contributed by atoms with Gasteiger partial charge in [-0.3, -0.25) is 9.59 Å². The molecule has 1 saturated heterocycles. The van der Waals surface area contributed by atoms with E-state index in [2.05, 4.69) is 20.5 Å². The molecule has 2 N–H and O–H groups in total. The van der Waals surface area contributed by atoms with Gasteiger partial charge >= 0.3 is 0 Å². The molecule has 0 radical (unpaired) electrons. The van der Waals surface area contributed by atoms with Gasteiger partial charge < -0.3 is 20.3 Å².